The Morgan fingerprint density at radius 2 is 2.08 bits per heavy atom. The number of ether oxygens (including phenoxy) is 1. The summed E-state index contributed by atoms with van der Waals surface area (Å²) in [6.45, 7) is 6.80. The number of furan rings is 1. The lowest BCUT2D eigenvalue weighted by molar-refractivity contribution is 0.0346. The number of rotatable bonds is 5. The lowest BCUT2D eigenvalue weighted by Crippen LogP contribution is -2.41. The molecule has 2 aromatic heterocycles. The largest absolute Gasteiger partial charge is 0.468 e. The van der Waals surface area contributed by atoms with Crippen LogP contribution in [0.3, 0.4) is 0 Å². The molecule has 136 valence electrons. The predicted molar refractivity (Wildman–Crippen MR) is 95.2 cm³/mol. The Balaban J connectivity index is 1.38. The van der Waals surface area contributed by atoms with Crippen molar-refractivity contribution < 1.29 is 9.15 Å². The topological polar surface area (TPSA) is 46.7 Å². The molecule has 0 atom stereocenters. The normalized spacial score (nSPS) is 19.9. The second-order valence-corrected chi connectivity index (χ2v) is 7.20. The van der Waals surface area contributed by atoms with Gasteiger partial charge < -0.3 is 13.7 Å². The van der Waals surface area contributed by atoms with Crippen molar-refractivity contribution in [3.63, 3.8) is 0 Å². The van der Waals surface area contributed by atoms with Gasteiger partial charge in [0, 0.05) is 58.1 Å². The maximum atomic E-state index is 5.52. The third kappa shape index (κ3) is 3.97. The first-order valence-electron chi connectivity index (χ1n) is 9.35. The van der Waals surface area contributed by atoms with Crippen LogP contribution in [0.1, 0.15) is 30.1 Å². The van der Waals surface area contributed by atoms with E-state index < -0.39 is 0 Å². The van der Waals surface area contributed by atoms with Crippen LogP contribution in [0.2, 0.25) is 0 Å². The maximum absolute atomic E-state index is 5.52. The summed E-state index contributed by atoms with van der Waals surface area (Å²) >= 11 is 0. The Hall–Kier alpha value is -1.63. The number of imidazole rings is 1. The first-order valence-corrected chi connectivity index (χ1v) is 9.35. The molecule has 0 spiro atoms. The van der Waals surface area contributed by atoms with Crippen molar-refractivity contribution in [1.29, 1.82) is 0 Å². The van der Waals surface area contributed by atoms with Gasteiger partial charge in [0.1, 0.15) is 11.6 Å². The Labute approximate surface area is 149 Å². The number of nitrogens with zero attached hydrogens (tertiary/aromatic N) is 4. The highest BCUT2D eigenvalue weighted by atomic mass is 16.5. The molecular formula is C19H28N4O2. The van der Waals surface area contributed by atoms with E-state index in [-0.39, 0.29) is 0 Å². The summed E-state index contributed by atoms with van der Waals surface area (Å²) in [5, 5.41) is 0. The smallest absolute Gasteiger partial charge is 0.117 e. The van der Waals surface area contributed by atoms with Gasteiger partial charge in [-0.1, -0.05) is 0 Å². The van der Waals surface area contributed by atoms with E-state index in [1.807, 2.05) is 12.1 Å². The SMILES string of the molecule is CN(Cc1ccco1)Cc1cnc2n1CCN(C1CCOCC1)CC2. The van der Waals surface area contributed by atoms with E-state index in [2.05, 4.69) is 27.6 Å². The van der Waals surface area contributed by atoms with Gasteiger partial charge in [0.2, 0.25) is 0 Å². The zero-order chi connectivity index (χ0) is 17.1. The average Bonchev–Trinajstić information content (AvgIpc) is 3.21. The van der Waals surface area contributed by atoms with Crippen molar-refractivity contribution in [3.8, 4) is 0 Å². The summed E-state index contributed by atoms with van der Waals surface area (Å²) in [5.41, 5.74) is 1.30. The maximum Gasteiger partial charge on any atom is 0.117 e. The number of hydrogen-bond donors (Lipinski definition) is 0. The molecule has 25 heavy (non-hydrogen) atoms. The molecule has 1 fully saturated rings. The van der Waals surface area contributed by atoms with Gasteiger partial charge in [-0.2, -0.15) is 0 Å². The third-order valence-corrected chi connectivity index (χ3v) is 5.40. The standard InChI is InChI=1S/C19H28N4O2/c1-21(15-18-3-2-10-25-18)14-17-13-20-19-4-7-22(8-9-23(17)19)16-5-11-24-12-6-16/h2-3,10,13,16H,4-9,11-12,14-15H2,1H3. The summed E-state index contributed by atoms with van der Waals surface area (Å²) in [6, 6.07) is 4.65. The molecule has 0 aromatic carbocycles. The van der Waals surface area contributed by atoms with Crippen molar-refractivity contribution in [2.24, 2.45) is 0 Å². The Kier molecular flexibility index (Phi) is 5.20. The van der Waals surface area contributed by atoms with Crippen LogP contribution < -0.4 is 0 Å². The fraction of sp³-hybridized carbons (Fsp3) is 0.632. The van der Waals surface area contributed by atoms with Gasteiger partial charge >= 0.3 is 0 Å². The minimum Gasteiger partial charge on any atom is -0.468 e. The molecule has 6 nitrogen and oxygen atoms in total. The minimum atomic E-state index is 0.684. The van der Waals surface area contributed by atoms with E-state index in [0.29, 0.717) is 6.04 Å². The molecule has 6 heteroatoms. The van der Waals surface area contributed by atoms with Gasteiger partial charge in [-0.15, -0.1) is 0 Å². The predicted octanol–water partition coefficient (Wildman–Crippen LogP) is 2.15. The molecule has 0 radical (unpaired) electrons. The molecule has 0 bridgehead atoms. The summed E-state index contributed by atoms with van der Waals surface area (Å²) in [6.07, 6.45) is 7.17. The highest BCUT2D eigenvalue weighted by Crippen LogP contribution is 2.19. The zero-order valence-electron chi connectivity index (χ0n) is 15.1. The van der Waals surface area contributed by atoms with Gasteiger partial charge in [-0.25, -0.2) is 4.98 Å². The lowest BCUT2D eigenvalue weighted by atomic mass is 10.1. The number of fused-ring (bicyclic) bond motifs is 1. The molecule has 0 unspecified atom stereocenters. The van der Waals surface area contributed by atoms with E-state index in [1.54, 1.807) is 6.26 Å². The van der Waals surface area contributed by atoms with Crippen LogP contribution >= 0.6 is 0 Å². The third-order valence-electron chi connectivity index (χ3n) is 5.40. The van der Waals surface area contributed by atoms with Gasteiger partial charge in [-0.3, -0.25) is 9.80 Å². The molecule has 0 aliphatic carbocycles. The molecule has 2 aliphatic rings. The molecule has 0 amide bonds. The van der Waals surface area contributed by atoms with Crippen molar-refractivity contribution >= 4 is 0 Å². The van der Waals surface area contributed by atoms with E-state index in [1.165, 1.54) is 24.4 Å². The highest BCUT2D eigenvalue weighted by Gasteiger charge is 2.25. The van der Waals surface area contributed by atoms with Crippen LogP contribution in [-0.2, 0) is 30.8 Å². The van der Waals surface area contributed by atoms with Crippen LogP contribution in [0, 0.1) is 0 Å². The first-order chi connectivity index (χ1) is 12.3. The molecule has 4 heterocycles. The Morgan fingerprint density at radius 3 is 2.88 bits per heavy atom. The summed E-state index contributed by atoms with van der Waals surface area (Å²) in [4.78, 5) is 9.64. The molecule has 0 N–H and O–H groups in total. The van der Waals surface area contributed by atoms with Crippen LogP contribution in [0.25, 0.3) is 0 Å². The molecule has 0 saturated carbocycles. The molecular weight excluding hydrogens is 316 g/mol. The van der Waals surface area contributed by atoms with Crippen LogP contribution in [0.4, 0.5) is 0 Å². The van der Waals surface area contributed by atoms with E-state index in [9.17, 15) is 0 Å². The number of aromatic nitrogens is 2. The molecule has 2 aliphatic heterocycles. The minimum absolute atomic E-state index is 0.684. The van der Waals surface area contributed by atoms with E-state index in [0.717, 1.165) is 58.1 Å². The second kappa shape index (κ2) is 7.72. The summed E-state index contributed by atoms with van der Waals surface area (Å²) < 4.78 is 13.4. The Morgan fingerprint density at radius 1 is 1.20 bits per heavy atom. The molecule has 4 rings (SSSR count). The zero-order valence-corrected chi connectivity index (χ0v) is 15.1. The van der Waals surface area contributed by atoms with Crippen molar-refractivity contribution in [2.75, 3.05) is 33.4 Å². The van der Waals surface area contributed by atoms with Crippen LogP contribution in [0.5, 0.6) is 0 Å². The molecule has 1 saturated heterocycles. The molecule has 2 aromatic rings. The van der Waals surface area contributed by atoms with Crippen molar-refractivity contribution in [1.82, 2.24) is 19.4 Å². The second-order valence-electron chi connectivity index (χ2n) is 7.20. The summed E-state index contributed by atoms with van der Waals surface area (Å²) in [7, 11) is 2.13. The van der Waals surface area contributed by atoms with Crippen LogP contribution in [0.15, 0.2) is 29.0 Å². The van der Waals surface area contributed by atoms with E-state index in [4.69, 9.17) is 14.1 Å². The Bertz CT molecular complexity index is 661. The van der Waals surface area contributed by atoms with Gasteiger partial charge in [-0.05, 0) is 32.0 Å². The fourth-order valence-corrected chi connectivity index (χ4v) is 4.05. The quantitative estimate of drug-likeness (QED) is 0.832. The fourth-order valence-electron chi connectivity index (χ4n) is 4.05. The highest BCUT2D eigenvalue weighted by molar-refractivity contribution is 5.08. The van der Waals surface area contributed by atoms with Crippen molar-refractivity contribution in [2.45, 2.75) is 44.9 Å². The number of hydrogen-bond acceptors (Lipinski definition) is 5. The van der Waals surface area contributed by atoms with Gasteiger partial charge in [0.25, 0.3) is 0 Å². The lowest BCUT2D eigenvalue weighted by Gasteiger charge is -2.33. The summed E-state index contributed by atoms with van der Waals surface area (Å²) in [5.74, 6) is 2.24. The van der Waals surface area contributed by atoms with Gasteiger partial charge in [0.15, 0.2) is 0 Å². The monoisotopic (exact) mass is 344 g/mol. The van der Waals surface area contributed by atoms with Gasteiger partial charge in [0.05, 0.1) is 18.5 Å². The van der Waals surface area contributed by atoms with E-state index >= 15 is 0 Å². The first kappa shape index (κ1) is 16.8. The average molecular weight is 344 g/mol. The van der Waals surface area contributed by atoms with Crippen LogP contribution in [-0.4, -0.2) is 58.7 Å². The van der Waals surface area contributed by atoms with Crippen molar-refractivity contribution in [3.05, 3.63) is 41.9 Å².